The number of hydrogen-bond donors (Lipinski definition) is 2. The van der Waals surface area contributed by atoms with Crippen molar-refractivity contribution in [2.45, 2.75) is 6.18 Å². The van der Waals surface area contributed by atoms with Crippen molar-refractivity contribution < 1.29 is 31.6 Å². The first kappa shape index (κ1) is 25.5. The number of esters is 1. The van der Waals surface area contributed by atoms with Crippen LogP contribution in [0, 0.1) is 11.2 Å². The molecule has 1 heterocycles. The van der Waals surface area contributed by atoms with E-state index in [1.54, 1.807) is 0 Å². The molecule has 0 unspecified atom stereocenters. The van der Waals surface area contributed by atoms with E-state index >= 15 is 0 Å². The number of benzene rings is 2. The number of nitrogens with zero attached hydrogens (tertiary/aromatic N) is 1. The van der Waals surface area contributed by atoms with Gasteiger partial charge in [-0.05, 0) is 24.3 Å². The van der Waals surface area contributed by atoms with Crippen molar-refractivity contribution in [1.82, 2.24) is 5.16 Å². The van der Waals surface area contributed by atoms with Crippen molar-refractivity contribution in [3.8, 4) is 11.3 Å². The van der Waals surface area contributed by atoms with Crippen molar-refractivity contribution in [2.75, 3.05) is 12.4 Å². The van der Waals surface area contributed by atoms with E-state index in [1.807, 2.05) is 0 Å². The molecule has 0 aliphatic carbocycles. The SMILES string of the molecule is COC(=O)c1c(-c2c(F)cccc2Cl)noc1/C(C=N)=C(/Nc1cccc(Cl)c1Cl)C(F)(F)F. The average molecular weight is 537 g/mol. The maximum absolute atomic E-state index is 14.5. The molecule has 1 aromatic heterocycles. The van der Waals surface area contributed by atoms with Gasteiger partial charge in [-0.15, -0.1) is 0 Å². The van der Waals surface area contributed by atoms with Crippen LogP contribution in [0.3, 0.4) is 0 Å². The zero-order chi connectivity index (χ0) is 25.2. The fourth-order valence-corrected chi connectivity index (χ4v) is 3.54. The molecular weight excluding hydrogens is 525 g/mol. The van der Waals surface area contributed by atoms with Crippen LogP contribution in [0.1, 0.15) is 16.1 Å². The minimum atomic E-state index is -5.10. The standard InChI is InChI=1S/C21H12Cl3F4N3O3/c1-33-20(32)15-17(14-10(22)4-2-6-12(14)25)31-34-18(15)9(8-29)19(21(26,27)28)30-13-7-3-5-11(23)16(13)24/h2-8,29-30H,1H3/b19-9+,29-8?. The number of nitrogens with one attached hydrogen (secondary N) is 2. The second kappa shape index (κ2) is 10.0. The summed E-state index contributed by atoms with van der Waals surface area (Å²) in [5.74, 6) is -2.93. The Hall–Kier alpha value is -3.08. The number of rotatable bonds is 6. The Kier molecular flexibility index (Phi) is 7.54. The van der Waals surface area contributed by atoms with E-state index < -0.39 is 51.8 Å². The van der Waals surface area contributed by atoms with Crippen LogP contribution in [0.5, 0.6) is 0 Å². The molecule has 0 saturated carbocycles. The molecule has 6 nitrogen and oxygen atoms in total. The summed E-state index contributed by atoms with van der Waals surface area (Å²) in [7, 11) is 0.953. The Morgan fingerprint density at radius 3 is 2.38 bits per heavy atom. The van der Waals surface area contributed by atoms with Gasteiger partial charge in [0.05, 0.1) is 39.0 Å². The normalized spacial score (nSPS) is 12.2. The molecule has 0 bridgehead atoms. The highest BCUT2D eigenvalue weighted by Gasteiger charge is 2.40. The molecule has 2 N–H and O–H groups in total. The van der Waals surface area contributed by atoms with Crippen LogP contribution >= 0.6 is 34.8 Å². The molecule has 3 aromatic rings. The van der Waals surface area contributed by atoms with Crippen molar-refractivity contribution in [3.63, 3.8) is 0 Å². The number of carbonyl (C=O) groups is 1. The summed E-state index contributed by atoms with van der Waals surface area (Å²) in [6.07, 6.45) is -4.82. The number of carbonyl (C=O) groups excluding carboxylic acids is 1. The summed E-state index contributed by atoms with van der Waals surface area (Å²) in [4.78, 5) is 12.5. The number of halogens is 7. The lowest BCUT2D eigenvalue weighted by Crippen LogP contribution is -2.22. The van der Waals surface area contributed by atoms with Crippen LogP contribution in [0.4, 0.5) is 23.2 Å². The number of hydrogen-bond acceptors (Lipinski definition) is 6. The van der Waals surface area contributed by atoms with Crippen LogP contribution in [0.25, 0.3) is 16.8 Å². The Balaban J connectivity index is 2.33. The van der Waals surface area contributed by atoms with Crippen LogP contribution in [0.2, 0.25) is 15.1 Å². The van der Waals surface area contributed by atoms with Crippen molar-refractivity contribution in [1.29, 1.82) is 5.41 Å². The van der Waals surface area contributed by atoms with Gasteiger partial charge in [0.2, 0.25) is 0 Å². The highest BCUT2D eigenvalue weighted by molar-refractivity contribution is 6.43. The van der Waals surface area contributed by atoms with E-state index in [1.165, 1.54) is 30.3 Å². The van der Waals surface area contributed by atoms with E-state index in [0.717, 1.165) is 13.2 Å². The van der Waals surface area contributed by atoms with Crippen molar-refractivity contribution in [3.05, 3.63) is 74.3 Å². The quantitative estimate of drug-likeness (QED) is 0.197. The zero-order valence-corrected chi connectivity index (χ0v) is 19.1. The molecule has 0 aliphatic heterocycles. The molecule has 0 fully saturated rings. The molecule has 3 rings (SSSR count). The Morgan fingerprint density at radius 2 is 1.79 bits per heavy atom. The number of ether oxygens (including phenoxy) is 1. The smallest absolute Gasteiger partial charge is 0.432 e. The Bertz CT molecular complexity index is 1290. The first-order valence-corrected chi connectivity index (χ1v) is 10.2. The predicted octanol–water partition coefficient (Wildman–Crippen LogP) is 7.26. The Labute approximate surface area is 204 Å². The van der Waals surface area contributed by atoms with Gasteiger partial charge in [0.1, 0.15) is 22.8 Å². The minimum absolute atomic E-state index is 0.0315. The van der Waals surface area contributed by atoms with Gasteiger partial charge in [-0.1, -0.05) is 52.1 Å². The first-order valence-electron chi connectivity index (χ1n) is 9.07. The molecule has 34 heavy (non-hydrogen) atoms. The average Bonchev–Trinajstić information content (AvgIpc) is 3.19. The summed E-state index contributed by atoms with van der Waals surface area (Å²) >= 11 is 17.9. The largest absolute Gasteiger partial charge is 0.465 e. The number of alkyl halides is 3. The molecule has 13 heteroatoms. The molecule has 0 saturated heterocycles. The van der Waals surface area contributed by atoms with E-state index in [2.05, 4.69) is 15.2 Å². The summed E-state index contributed by atoms with van der Waals surface area (Å²) in [5.41, 5.74) is -4.30. The third-order valence-corrected chi connectivity index (χ3v) is 5.57. The highest BCUT2D eigenvalue weighted by Crippen LogP contribution is 2.40. The summed E-state index contributed by atoms with van der Waals surface area (Å²) in [6.45, 7) is 0. The van der Waals surface area contributed by atoms with E-state index in [4.69, 9.17) is 44.7 Å². The molecule has 0 amide bonds. The van der Waals surface area contributed by atoms with Crippen LogP contribution in [-0.2, 0) is 4.74 Å². The first-order chi connectivity index (χ1) is 16.0. The number of aromatic nitrogens is 1. The van der Waals surface area contributed by atoms with Crippen molar-refractivity contribution >= 4 is 58.2 Å². The molecule has 2 aromatic carbocycles. The van der Waals surface area contributed by atoms with Crippen LogP contribution in [0.15, 0.2) is 46.6 Å². The zero-order valence-electron chi connectivity index (χ0n) is 16.9. The maximum Gasteiger partial charge on any atom is 0.432 e. The predicted molar refractivity (Wildman–Crippen MR) is 120 cm³/mol. The van der Waals surface area contributed by atoms with Gasteiger partial charge in [0.25, 0.3) is 0 Å². The number of methoxy groups -OCH3 is 1. The van der Waals surface area contributed by atoms with E-state index in [0.29, 0.717) is 0 Å². The van der Waals surface area contributed by atoms with E-state index in [9.17, 15) is 22.4 Å². The van der Waals surface area contributed by atoms with Gasteiger partial charge in [0.15, 0.2) is 5.76 Å². The number of anilines is 1. The second-order valence-electron chi connectivity index (χ2n) is 6.48. The van der Waals surface area contributed by atoms with Crippen LogP contribution < -0.4 is 5.32 Å². The third-order valence-electron chi connectivity index (χ3n) is 4.43. The molecular formula is C21H12Cl3F4N3O3. The third kappa shape index (κ3) is 4.89. The molecule has 0 aliphatic rings. The van der Waals surface area contributed by atoms with Gasteiger partial charge in [-0.3, -0.25) is 0 Å². The Morgan fingerprint density at radius 1 is 1.15 bits per heavy atom. The molecule has 0 spiro atoms. The van der Waals surface area contributed by atoms with Gasteiger partial charge >= 0.3 is 12.1 Å². The van der Waals surface area contributed by atoms with Gasteiger partial charge < -0.3 is 20.0 Å². The fourth-order valence-electron chi connectivity index (χ4n) is 2.94. The summed E-state index contributed by atoms with van der Waals surface area (Å²) < 4.78 is 66.4. The monoisotopic (exact) mass is 535 g/mol. The van der Waals surface area contributed by atoms with Crippen molar-refractivity contribution in [2.24, 2.45) is 0 Å². The van der Waals surface area contributed by atoms with Gasteiger partial charge in [0, 0.05) is 6.21 Å². The lowest BCUT2D eigenvalue weighted by atomic mass is 10.0. The minimum Gasteiger partial charge on any atom is -0.465 e. The van der Waals surface area contributed by atoms with Gasteiger partial charge in [-0.2, -0.15) is 13.2 Å². The lowest BCUT2D eigenvalue weighted by molar-refractivity contribution is -0.0896. The fraction of sp³-hybridized carbons (Fsp3) is 0.0952. The topological polar surface area (TPSA) is 88.2 Å². The highest BCUT2D eigenvalue weighted by atomic mass is 35.5. The summed E-state index contributed by atoms with van der Waals surface area (Å²) in [5, 5.41) is 12.8. The molecule has 178 valence electrons. The van der Waals surface area contributed by atoms with Crippen LogP contribution in [-0.4, -0.2) is 30.6 Å². The second-order valence-corrected chi connectivity index (χ2v) is 7.67. The molecule has 0 radical (unpaired) electrons. The van der Waals surface area contributed by atoms with E-state index in [-0.39, 0.29) is 27.0 Å². The number of allylic oxidation sites excluding steroid dienone is 2. The summed E-state index contributed by atoms with van der Waals surface area (Å²) in [6, 6.07) is 7.50. The van der Waals surface area contributed by atoms with Gasteiger partial charge in [-0.25, -0.2) is 9.18 Å². The maximum atomic E-state index is 14.5. The molecule has 0 atom stereocenters. The lowest BCUT2D eigenvalue weighted by Gasteiger charge is -2.18.